The lowest BCUT2D eigenvalue weighted by molar-refractivity contribution is -0.141. The Labute approximate surface area is 195 Å². The molecule has 4 rings (SSSR count). The first kappa shape index (κ1) is 23.2. The van der Waals surface area contributed by atoms with Gasteiger partial charge in [0.1, 0.15) is 10.8 Å². The van der Waals surface area contributed by atoms with Crippen LogP contribution in [0.4, 0.5) is 13.2 Å². The fraction of sp³-hybridized carbons (Fsp3) is 0.273. The van der Waals surface area contributed by atoms with E-state index in [1.165, 1.54) is 3.96 Å². The number of rotatable bonds is 6. The number of hydrogen-bond donors (Lipinski definition) is 0. The van der Waals surface area contributed by atoms with Crippen molar-refractivity contribution in [2.45, 2.75) is 32.7 Å². The number of benzene rings is 2. The third-order valence-electron chi connectivity index (χ3n) is 4.99. The van der Waals surface area contributed by atoms with Gasteiger partial charge in [0.2, 0.25) is 5.88 Å². The fourth-order valence-corrected chi connectivity index (χ4v) is 4.67. The summed E-state index contributed by atoms with van der Waals surface area (Å²) in [5, 5.41) is 3.47. The predicted octanol–water partition coefficient (Wildman–Crippen LogP) is 6.09. The van der Waals surface area contributed by atoms with Crippen LogP contribution in [0, 0.1) is 0 Å². The topological polar surface area (TPSA) is 58.3 Å². The number of para-hydroxylation sites is 1. The Morgan fingerprint density at radius 2 is 1.88 bits per heavy atom. The Kier molecular flexibility index (Phi) is 6.15. The predicted molar refractivity (Wildman–Crippen MR) is 121 cm³/mol. The summed E-state index contributed by atoms with van der Waals surface area (Å²) in [6, 6.07) is 11.7. The first-order chi connectivity index (χ1) is 15.6. The number of methoxy groups -OCH3 is 1. The SMILES string of the molecule is COc1cc(C(C)C)c2c(=O)n(COc3c(Cl)c(C(F)(F)F)nn3-c3ccccc3)sc2c1. The molecule has 0 aliphatic carbocycles. The molecule has 6 nitrogen and oxygen atoms in total. The van der Waals surface area contributed by atoms with Crippen LogP contribution >= 0.6 is 23.1 Å². The van der Waals surface area contributed by atoms with Crippen molar-refractivity contribution >= 4 is 33.2 Å². The smallest absolute Gasteiger partial charge is 0.436 e. The van der Waals surface area contributed by atoms with Gasteiger partial charge in [0, 0.05) is 0 Å². The molecule has 0 unspecified atom stereocenters. The van der Waals surface area contributed by atoms with Gasteiger partial charge in [-0.25, -0.2) is 3.96 Å². The van der Waals surface area contributed by atoms with E-state index in [-0.39, 0.29) is 24.1 Å². The zero-order chi connectivity index (χ0) is 23.9. The third-order valence-corrected chi connectivity index (χ3v) is 6.34. The lowest BCUT2D eigenvalue weighted by Gasteiger charge is -2.09. The van der Waals surface area contributed by atoms with Crippen LogP contribution in [-0.2, 0) is 12.9 Å². The molecule has 0 saturated heterocycles. The number of ether oxygens (including phenoxy) is 2. The molecule has 0 N–H and O–H groups in total. The second-order valence-corrected chi connectivity index (χ2v) is 8.95. The summed E-state index contributed by atoms with van der Waals surface area (Å²) in [5.74, 6) is 0.365. The highest BCUT2D eigenvalue weighted by Gasteiger charge is 2.40. The van der Waals surface area contributed by atoms with Crippen LogP contribution < -0.4 is 15.0 Å². The molecular formula is C22H19ClF3N3O3S. The van der Waals surface area contributed by atoms with Crippen LogP contribution in [0.2, 0.25) is 5.02 Å². The Morgan fingerprint density at radius 3 is 2.48 bits per heavy atom. The quantitative estimate of drug-likeness (QED) is 0.323. The van der Waals surface area contributed by atoms with E-state index >= 15 is 0 Å². The first-order valence-corrected chi connectivity index (χ1v) is 11.0. The number of hydrogen-bond acceptors (Lipinski definition) is 5. The highest BCUT2D eigenvalue weighted by Crippen LogP contribution is 2.40. The van der Waals surface area contributed by atoms with Gasteiger partial charge in [-0.1, -0.05) is 55.2 Å². The Morgan fingerprint density at radius 1 is 1.18 bits per heavy atom. The van der Waals surface area contributed by atoms with Crippen LogP contribution in [0.3, 0.4) is 0 Å². The average molecular weight is 498 g/mol. The van der Waals surface area contributed by atoms with Crippen molar-refractivity contribution in [2.24, 2.45) is 0 Å². The molecule has 2 aromatic heterocycles. The second kappa shape index (κ2) is 8.75. The molecule has 0 amide bonds. The largest absolute Gasteiger partial charge is 0.497 e. The van der Waals surface area contributed by atoms with E-state index in [0.717, 1.165) is 21.8 Å². The Bertz CT molecular complexity index is 1360. The summed E-state index contributed by atoms with van der Waals surface area (Å²) < 4.78 is 54.3. The van der Waals surface area contributed by atoms with E-state index in [1.54, 1.807) is 43.5 Å². The molecule has 4 aromatic rings. The van der Waals surface area contributed by atoms with Crippen molar-refractivity contribution < 1.29 is 22.6 Å². The van der Waals surface area contributed by atoms with E-state index in [9.17, 15) is 18.0 Å². The molecule has 0 fully saturated rings. The molecule has 0 saturated carbocycles. The van der Waals surface area contributed by atoms with Crippen LogP contribution in [0.25, 0.3) is 15.8 Å². The van der Waals surface area contributed by atoms with Crippen molar-refractivity contribution in [1.29, 1.82) is 0 Å². The zero-order valence-corrected chi connectivity index (χ0v) is 19.4. The Hall–Kier alpha value is -2.98. The molecule has 2 heterocycles. The number of alkyl halides is 3. The van der Waals surface area contributed by atoms with E-state index < -0.39 is 16.9 Å². The lowest BCUT2D eigenvalue weighted by Crippen LogP contribution is -2.18. The molecule has 2 aromatic carbocycles. The number of nitrogens with zero attached hydrogens (tertiary/aromatic N) is 3. The van der Waals surface area contributed by atoms with Gasteiger partial charge in [-0.05, 0) is 35.7 Å². The summed E-state index contributed by atoms with van der Waals surface area (Å²) in [5.41, 5.74) is -0.422. The number of halogens is 4. The minimum Gasteiger partial charge on any atom is -0.497 e. The average Bonchev–Trinajstić information content (AvgIpc) is 3.28. The van der Waals surface area contributed by atoms with Gasteiger partial charge < -0.3 is 9.47 Å². The van der Waals surface area contributed by atoms with Crippen molar-refractivity contribution in [3.05, 3.63) is 69.1 Å². The summed E-state index contributed by atoms with van der Waals surface area (Å²) in [4.78, 5) is 13.1. The van der Waals surface area contributed by atoms with Crippen LogP contribution in [0.15, 0.2) is 47.3 Å². The first-order valence-electron chi connectivity index (χ1n) is 9.87. The van der Waals surface area contributed by atoms with E-state index in [1.807, 2.05) is 19.9 Å². The van der Waals surface area contributed by atoms with Gasteiger partial charge in [0.15, 0.2) is 12.4 Å². The summed E-state index contributed by atoms with van der Waals surface area (Å²) in [6.45, 7) is 3.58. The molecule has 0 atom stereocenters. The minimum absolute atomic E-state index is 0.0579. The normalized spacial score (nSPS) is 12.0. The second-order valence-electron chi connectivity index (χ2n) is 7.51. The Balaban J connectivity index is 1.77. The van der Waals surface area contributed by atoms with Gasteiger partial charge in [0.05, 0.1) is 22.9 Å². The monoisotopic (exact) mass is 497 g/mol. The molecule has 0 aliphatic heterocycles. The molecule has 11 heteroatoms. The molecule has 33 heavy (non-hydrogen) atoms. The molecule has 0 radical (unpaired) electrons. The number of fused-ring (bicyclic) bond motifs is 1. The van der Waals surface area contributed by atoms with Gasteiger partial charge in [-0.15, -0.1) is 0 Å². The van der Waals surface area contributed by atoms with E-state index in [0.29, 0.717) is 21.5 Å². The molecular weight excluding hydrogens is 479 g/mol. The summed E-state index contributed by atoms with van der Waals surface area (Å²) in [6.07, 6.45) is -4.77. The maximum atomic E-state index is 13.4. The zero-order valence-electron chi connectivity index (χ0n) is 17.8. The van der Waals surface area contributed by atoms with Crippen molar-refractivity contribution in [3.63, 3.8) is 0 Å². The maximum Gasteiger partial charge on any atom is 0.436 e. The van der Waals surface area contributed by atoms with Crippen LogP contribution in [-0.4, -0.2) is 20.8 Å². The molecule has 0 aliphatic rings. The molecule has 0 spiro atoms. The summed E-state index contributed by atoms with van der Waals surface area (Å²) in [7, 11) is 1.54. The van der Waals surface area contributed by atoms with Crippen molar-refractivity contribution in [3.8, 4) is 17.3 Å². The van der Waals surface area contributed by atoms with E-state index in [2.05, 4.69) is 5.10 Å². The lowest BCUT2D eigenvalue weighted by atomic mass is 9.99. The van der Waals surface area contributed by atoms with Crippen molar-refractivity contribution in [2.75, 3.05) is 7.11 Å². The summed E-state index contributed by atoms with van der Waals surface area (Å²) >= 11 is 7.15. The van der Waals surface area contributed by atoms with Crippen LogP contribution in [0.1, 0.15) is 31.0 Å². The van der Waals surface area contributed by atoms with E-state index in [4.69, 9.17) is 21.1 Å². The van der Waals surface area contributed by atoms with Crippen molar-refractivity contribution in [1.82, 2.24) is 13.7 Å². The highest BCUT2D eigenvalue weighted by molar-refractivity contribution is 7.13. The molecule has 0 bridgehead atoms. The third kappa shape index (κ3) is 4.32. The van der Waals surface area contributed by atoms with Gasteiger partial charge in [-0.3, -0.25) is 4.79 Å². The fourth-order valence-electron chi connectivity index (χ4n) is 3.41. The maximum absolute atomic E-state index is 13.4. The van der Waals surface area contributed by atoms with Gasteiger partial charge in [0.25, 0.3) is 5.56 Å². The minimum atomic E-state index is -4.77. The number of aromatic nitrogens is 3. The van der Waals surface area contributed by atoms with Crippen LogP contribution in [0.5, 0.6) is 11.6 Å². The van der Waals surface area contributed by atoms with Gasteiger partial charge in [-0.2, -0.15) is 23.0 Å². The van der Waals surface area contributed by atoms with Gasteiger partial charge >= 0.3 is 6.18 Å². The highest BCUT2D eigenvalue weighted by atomic mass is 35.5. The molecule has 174 valence electrons. The standard InChI is InChI=1S/C22H19ClF3N3O3S/c1-12(2)15-9-14(31-3)10-16-17(15)20(30)28(33-16)11-32-21-18(23)19(22(24,25)26)27-29(21)13-7-5-4-6-8-13/h4-10,12H,11H2,1-3H3.